The Bertz CT molecular complexity index is 1940. The fourth-order valence-electron chi connectivity index (χ4n) is 8.15. The van der Waals surface area contributed by atoms with Crippen molar-refractivity contribution in [1.82, 2.24) is 28.8 Å². The van der Waals surface area contributed by atoms with E-state index in [1.165, 1.54) is 15.8 Å². The summed E-state index contributed by atoms with van der Waals surface area (Å²) in [4.78, 5) is 20.9. The van der Waals surface area contributed by atoms with Gasteiger partial charge in [-0.3, -0.25) is 9.48 Å². The van der Waals surface area contributed by atoms with Gasteiger partial charge < -0.3 is 30.2 Å². The van der Waals surface area contributed by atoms with E-state index in [0.717, 1.165) is 53.8 Å². The van der Waals surface area contributed by atoms with Gasteiger partial charge in [0.15, 0.2) is 5.82 Å². The highest BCUT2D eigenvalue weighted by Gasteiger charge is 2.78. The molecule has 11 heteroatoms. The second-order valence-electron chi connectivity index (χ2n) is 12.6. The van der Waals surface area contributed by atoms with E-state index in [-0.39, 0.29) is 23.4 Å². The standard InChI is InChI=1S/C30H32N8O2S/c1-35-12-16(11-33-35)19-14-41-23-8-21(38(25(19)23)18-4-5-18)27-34-20-6-15(7-22(40-3)26(20)36(27)2)28(39)37-13-17-9-29(31)10-24(37)30(17,29)32/h6-8,11-12,14,17-18,24H,4-5,9-10,13,31-32H2,1-3H3/t17-,24-,29?,30+/m1/s1. The van der Waals surface area contributed by atoms with Gasteiger partial charge in [-0.1, -0.05) is 0 Å². The number of hydrogen-bond acceptors (Lipinski definition) is 7. The highest BCUT2D eigenvalue weighted by molar-refractivity contribution is 7.17. The van der Waals surface area contributed by atoms with Gasteiger partial charge in [-0.05, 0) is 43.9 Å². The minimum atomic E-state index is -0.440. The van der Waals surface area contributed by atoms with Crippen molar-refractivity contribution in [2.24, 2.45) is 31.5 Å². The third-order valence-corrected chi connectivity index (χ3v) is 11.3. The monoisotopic (exact) mass is 568 g/mol. The van der Waals surface area contributed by atoms with E-state index in [2.05, 4.69) is 31.9 Å². The zero-order valence-corrected chi connectivity index (χ0v) is 24.1. The van der Waals surface area contributed by atoms with Crippen LogP contribution in [0.3, 0.4) is 0 Å². The van der Waals surface area contributed by atoms with Crippen LogP contribution in [0.25, 0.3) is 43.9 Å². The number of aromatic nitrogens is 5. The highest BCUT2D eigenvalue weighted by atomic mass is 32.1. The number of likely N-dealkylation sites (tertiary alicyclic amines) is 1. The summed E-state index contributed by atoms with van der Waals surface area (Å²) in [5.41, 5.74) is 19.3. The van der Waals surface area contributed by atoms with E-state index in [9.17, 15) is 4.79 Å². The molecular formula is C30H32N8O2S. The van der Waals surface area contributed by atoms with Crippen LogP contribution in [0.1, 0.15) is 42.1 Å². The van der Waals surface area contributed by atoms with Gasteiger partial charge in [0.05, 0.1) is 46.3 Å². The average Bonchev–Trinajstić information content (AvgIpc) is 3.19. The summed E-state index contributed by atoms with van der Waals surface area (Å²) >= 11 is 1.75. The SMILES string of the molecule is COc1cc(C(=O)N2C[C@H]3CC4(N)C[C@@H]2[C@@]34N)cc2nc(-c3cc4scc(-c5cnn(C)c5)c4n3C3CC3)n(C)c12. The van der Waals surface area contributed by atoms with E-state index in [1.54, 1.807) is 18.4 Å². The Morgan fingerprint density at radius 3 is 2.66 bits per heavy atom. The minimum Gasteiger partial charge on any atom is -0.494 e. The largest absolute Gasteiger partial charge is 0.494 e. The second-order valence-corrected chi connectivity index (χ2v) is 13.5. The molecule has 10 nitrogen and oxygen atoms in total. The molecule has 3 aliphatic carbocycles. The first kappa shape index (κ1) is 24.0. The van der Waals surface area contributed by atoms with E-state index in [4.69, 9.17) is 21.2 Å². The summed E-state index contributed by atoms with van der Waals surface area (Å²) in [5.74, 6) is 1.76. The summed E-state index contributed by atoms with van der Waals surface area (Å²) < 4.78 is 13.5. The molecule has 3 saturated carbocycles. The lowest BCUT2D eigenvalue weighted by Gasteiger charge is -2.68. The number of carbonyl (C=O) groups excluding carboxylic acids is 1. The molecule has 0 radical (unpaired) electrons. The Labute approximate surface area is 240 Å². The maximum Gasteiger partial charge on any atom is 0.254 e. The van der Waals surface area contributed by atoms with Crippen molar-refractivity contribution in [1.29, 1.82) is 0 Å². The van der Waals surface area contributed by atoms with E-state index < -0.39 is 5.54 Å². The molecule has 1 unspecified atom stereocenters. The van der Waals surface area contributed by atoms with Gasteiger partial charge in [0.1, 0.15) is 11.3 Å². The van der Waals surface area contributed by atoms with Crippen LogP contribution >= 0.6 is 11.3 Å². The third-order valence-electron chi connectivity index (χ3n) is 10.4. The third kappa shape index (κ3) is 2.86. The Hall–Kier alpha value is -3.67. The molecule has 4 N–H and O–H groups in total. The molecule has 4 aromatic heterocycles. The van der Waals surface area contributed by atoms with E-state index >= 15 is 0 Å². The van der Waals surface area contributed by atoms with Crippen LogP contribution in [-0.4, -0.2) is 65.5 Å². The number of imidazole rings is 1. The van der Waals surface area contributed by atoms with Gasteiger partial charge in [-0.25, -0.2) is 4.98 Å². The maximum atomic E-state index is 13.9. The molecule has 5 aromatic rings. The zero-order chi connectivity index (χ0) is 28.0. The number of nitrogens with two attached hydrogens (primary N) is 2. The molecule has 9 rings (SSSR count). The maximum absolute atomic E-state index is 13.9. The molecule has 1 amide bonds. The number of benzene rings is 1. The molecule has 210 valence electrons. The van der Waals surface area contributed by atoms with Crippen LogP contribution < -0.4 is 16.2 Å². The van der Waals surface area contributed by atoms with Crippen LogP contribution in [0.2, 0.25) is 0 Å². The Balaban J connectivity index is 1.16. The van der Waals surface area contributed by atoms with Crippen LogP contribution in [0.4, 0.5) is 0 Å². The molecule has 4 atom stereocenters. The quantitative estimate of drug-likeness (QED) is 0.334. The zero-order valence-electron chi connectivity index (χ0n) is 23.3. The van der Waals surface area contributed by atoms with Gasteiger partial charge >= 0.3 is 0 Å². The first-order chi connectivity index (χ1) is 19.7. The smallest absolute Gasteiger partial charge is 0.254 e. The van der Waals surface area contributed by atoms with Gasteiger partial charge in [0.25, 0.3) is 5.91 Å². The lowest BCUT2D eigenvalue weighted by Crippen LogP contribution is -2.89. The number of hydrogen-bond donors (Lipinski definition) is 2. The first-order valence-corrected chi connectivity index (χ1v) is 15.1. The lowest BCUT2D eigenvalue weighted by molar-refractivity contribution is -0.0789. The van der Waals surface area contributed by atoms with Crippen molar-refractivity contribution in [3.63, 3.8) is 0 Å². The lowest BCUT2D eigenvalue weighted by atomic mass is 9.42. The number of methoxy groups -OCH3 is 1. The van der Waals surface area contributed by atoms with E-state index in [0.29, 0.717) is 23.9 Å². The molecule has 4 fully saturated rings. The minimum absolute atomic E-state index is 0.00324. The fourth-order valence-corrected chi connectivity index (χ4v) is 9.14. The number of ether oxygens (including phenoxy) is 1. The van der Waals surface area contributed by atoms with Crippen LogP contribution in [0.15, 0.2) is 36.0 Å². The van der Waals surface area contributed by atoms with Crippen LogP contribution in [0.5, 0.6) is 5.75 Å². The Morgan fingerprint density at radius 1 is 1.15 bits per heavy atom. The summed E-state index contributed by atoms with van der Waals surface area (Å²) in [6.07, 6.45) is 7.97. The molecule has 4 aliphatic rings. The number of nitrogens with zero attached hydrogens (tertiary/aromatic N) is 6. The van der Waals surface area contributed by atoms with Crippen molar-refractivity contribution < 1.29 is 9.53 Å². The molecule has 0 bridgehead atoms. The van der Waals surface area contributed by atoms with Gasteiger partial charge in [0.2, 0.25) is 0 Å². The predicted octanol–water partition coefficient (Wildman–Crippen LogP) is 3.64. The number of carbonyl (C=O) groups is 1. The van der Waals surface area contributed by atoms with Crippen molar-refractivity contribution >= 4 is 38.5 Å². The van der Waals surface area contributed by atoms with Gasteiger partial charge in [0, 0.05) is 66.4 Å². The summed E-state index contributed by atoms with van der Waals surface area (Å²) in [5, 5.41) is 6.64. The predicted molar refractivity (Wildman–Crippen MR) is 158 cm³/mol. The van der Waals surface area contributed by atoms with Crippen molar-refractivity contribution in [2.45, 2.75) is 48.8 Å². The number of fused-ring (bicyclic) bond motifs is 2. The topological polar surface area (TPSA) is 122 Å². The summed E-state index contributed by atoms with van der Waals surface area (Å²) in [6.45, 7) is 0.664. The van der Waals surface area contributed by atoms with Crippen molar-refractivity contribution in [3.05, 3.63) is 41.5 Å². The van der Waals surface area contributed by atoms with Crippen molar-refractivity contribution in [3.8, 4) is 28.4 Å². The van der Waals surface area contributed by atoms with Crippen molar-refractivity contribution in [2.75, 3.05) is 13.7 Å². The fraction of sp³-hybridized carbons (Fsp3) is 0.433. The molecule has 41 heavy (non-hydrogen) atoms. The Morgan fingerprint density at radius 2 is 1.98 bits per heavy atom. The molecule has 5 heterocycles. The number of amides is 1. The number of thiophene rings is 1. The molecular weight excluding hydrogens is 536 g/mol. The molecule has 1 aromatic carbocycles. The summed E-state index contributed by atoms with van der Waals surface area (Å²) in [7, 11) is 5.63. The van der Waals surface area contributed by atoms with E-state index in [1.807, 2.05) is 42.0 Å². The number of rotatable bonds is 5. The molecule has 0 spiro atoms. The molecule has 1 saturated heterocycles. The molecule has 1 aliphatic heterocycles. The number of aryl methyl sites for hydroxylation is 2. The summed E-state index contributed by atoms with van der Waals surface area (Å²) in [6, 6.07) is 6.47. The highest BCUT2D eigenvalue weighted by Crippen LogP contribution is 2.63. The Kier molecular flexibility index (Phi) is 4.43. The average molecular weight is 569 g/mol. The van der Waals surface area contributed by atoms with Crippen LogP contribution in [0, 0.1) is 5.92 Å². The second kappa shape index (κ2) is 7.58. The first-order valence-electron chi connectivity index (χ1n) is 14.3. The normalized spacial score (nSPS) is 28.3. The van der Waals surface area contributed by atoms with Crippen LogP contribution in [-0.2, 0) is 14.1 Å². The van der Waals surface area contributed by atoms with Gasteiger partial charge in [-0.15, -0.1) is 11.3 Å². The van der Waals surface area contributed by atoms with Gasteiger partial charge in [-0.2, -0.15) is 5.10 Å².